The van der Waals surface area contributed by atoms with Gasteiger partial charge >= 0.3 is 11.8 Å². The number of aliphatic hydroxyl groups is 2. The fourth-order valence-corrected chi connectivity index (χ4v) is 7.08. The average Bonchev–Trinajstić information content (AvgIpc) is 3.46. The summed E-state index contributed by atoms with van der Waals surface area (Å²) in [6.45, 7) is 6.60. The molecule has 1 spiro atoms. The van der Waals surface area contributed by atoms with Gasteiger partial charge in [-0.1, -0.05) is 0 Å². The van der Waals surface area contributed by atoms with Crippen molar-refractivity contribution in [3.8, 4) is 34.5 Å². The van der Waals surface area contributed by atoms with E-state index < -0.39 is 23.0 Å². The lowest BCUT2D eigenvalue weighted by Gasteiger charge is -2.40. The van der Waals surface area contributed by atoms with Crippen molar-refractivity contribution in [1.82, 2.24) is 0 Å². The quantitative estimate of drug-likeness (QED) is 0.158. The van der Waals surface area contributed by atoms with Crippen LogP contribution in [0.4, 0.5) is 0 Å². The predicted octanol–water partition coefficient (Wildman–Crippen LogP) is 5.25. The van der Waals surface area contributed by atoms with E-state index in [1.807, 2.05) is 12.1 Å². The van der Waals surface area contributed by atoms with Gasteiger partial charge in [-0.05, 0) is 97.4 Å². The van der Waals surface area contributed by atoms with E-state index >= 15 is 0 Å². The summed E-state index contributed by atoms with van der Waals surface area (Å²) in [6.07, 6.45) is 0. The molecule has 0 bridgehead atoms. The number of fused-ring (bicyclic) bond motifs is 8. The van der Waals surface area contributed by atoms with Crippen LogP contribution in [0.15, 0.2) is 42.5 Å². The van der Waals surface area contributed by atoms with E-state index in [2.05, 4.69) is 0 Å². The Bertz CT molecular complexity index is 2150. The second kappa shape index (κ2) is 9.06. The number of phenols is 2. The Labute approximate surface area is 257 Å². The van der Waals surface area contributed by atoms with Crippen LogP contribution in [0.2, 0.25) is 0 Å². The molecule has 5 aromatic carbocycles. The number of hydrogen-bond donors (Lipinski definition) is 4. The molecular weight excluding hydrogens is 580 g/mol. The van der Waals surface area contributed by atoms with Crippen molar-refractivity contribution in [1.29, 1.82) is 0 Å². The zero-order valence-corrected chi connectivity index (χ0v) is 25.8. The smallest absolute Gasteiger partial charge is 0.350 e. The first-order valence-electron chi connectivity index (χ1n) is 14.3. The topological polar surface area (TPSA) is 144 Å². The van der Waals surface area contributed by atoms with Crippen molar-refractivity contribution in [2.45, 2.75) is 44.7 Å². The van der Waals surface area contributed by atoms with Crippen LogP contribution < -0.4 is 18.9 Å². The molecule has 0 unspecified atom stereocenters. The van der Waals surface area contributed by atoms with Crippen molar-refractivity contribution < 1.29 is 48.9 Å². The van der Waals surface area contributed by atoms with Gasteiger partial charge in [0.25, 0.3) is 5.60 Å². The Hall–Kier alpha value is -4.93. The Morgan fingerprint density at radius 1 is 0.711 bits per heavy atom. The molecule has 0 saturated carbocycles. The fourth-order valence-electron chi connectivity index (χ4n) is 7.08. The third kappa shape index (κ3) is 3.33. The third-order valence-electron chi connectivity index (χ3n) is 9.57. The number of ether oxygens (including phenoxy) is 5. The van der Waals surface area contributed by atoms with Gasteiger partial charge in [-0.3, -0.25) is 0 Å². The highest BCUT2D eigenvalue weighted by molar-refractivity contribution is 6.13. The highest BCUT2D eigenvalue weighted by atomic mass is 16.8. The van der Waals surface area contributed by atoms with Crippen LogP contribution in [0.25, 0.3) is 32.3 Å². The first-order chi connectivity index (χ1) is 21.2. The number of carbonyl (C=O) groups excluding carboxylic acids is 1. The molecule has 0 amide bonds. The van der Waals surface area contributed by atoms with Gasteiger partial charge in [0.05, 0.1) is 26.9 Å². The van der Waals surface area contributed by atoms with Crippen LogP contribution in [-0.2, 0) is 20.9 Å². The van der Waals surface area contributed by atoms with E-state index in [4.69, 9.17) is 23.7 Å². The first kappa shape index (κ1) is 28.8. The standard InChI is InChI=1S/C35H32O10/c1-15-8-21-19(10-25(15)36)20-13-29-31(17(3)18(20)12-27(21)41-5)45-35(44-29)30-23-11-26(37)16(2)9-22(23)28(42-6)14-24(30)33(4,39)34(35,40)32(38)43-7/h8-14,36-37,39-40H,1-7H3/t33-,34+,35-/m1/s1. The second-order valence-electron chi connectivity index (χ2n) is 12.0. The highest BCUT2D eigenvalue weighted by Gasteiger charge is 2.79. The molecule has 1 heterocycles. The molecule has 232 valence electrons. The second-order valence-corrected chi connectivity index (χ2v) is 12.0. The third-order valence-corrected chi connectivity index (χ3v) is 9.57. The molecule has 0 saturated heterocycles. The number of methoxy groups -OCH3 is 3. The summed E-state index contributed by atoms with van der Waals surface area (Å²) in [5.74, 6) is -2.23. The average molecular weight is 613 g/mol. The first-order valence-corrected chi connectivity index (χ1v) is 14.3. The molecule has 0 fully saturated rings. The number of carbonyl (C=O) groups is 1. The van der Waals surface area contributed by atoms with Gasteiger partial charge in [-0.15, -0.1) is 0 Å². The van der Waals surface area contributed by atoms with Crippen LogP contribution >= 0.6 is 0 Å². The molecular formula is C35H32O10. The summed E-state index contributed by atoms with van der Waals surface area (Å²) in [5, 5.41) is 49.8. The Balaban J connectivity index is 1.60. The van der Waals surface area contributed by atoms with Crippen LogP contribution in [0, 0.1) is 20.8 Å². The minimum absolute atomic E-state index is 0.0626. The zero-order chi connectivity index (χ0) is 32.4. The molecule has 7 rings (SSSR count). The van der Waals surface area contributed by atoms with E-state index in [0.29, 0.717) is 55.1 Å². The van der Waals surface area contributed by atoms with Gasteiger partial charge in [0.15, 0.2) is 11.5 Å². The molecule has 10 nitrogen and oxygen atoms in total. The molecule has 0 aromatic heterocycles. The number of aromatic hydroxyl groups is 2. The maximum absolute atomic E-state index is 13.7. The summed E-state index contributed by atoms with van der Waals surface area (Å²) in [5.41, 5.74) is -3.13. The summed E-state index contributed by atoms with van der Waals surface area (Å²) in [4.78, 5) is 13.7. The van der Waals surface area contributed by atoms with Crippen LogP contribution in [0.5, 0.6) is 34.5 Å². The fraction of sp³-hybridized carbons (Fsp3) is 0.286. The Morgan fingerprint density at radius 3 is 1.87 bits per heavy atom. The number of esters is 1. The van der Waals surface area contributed by atoms with Gasteiger partial charge in [0, 0.05) is 27.3 Å². The van der Waals surface area contributed by atoms with E-state index in [1.54, 1.807) is 46.1 Å². The normalized spacial score (nSPS) is 23.2. The number of hydrogen-bond acceptors (Lipinski definition) is 10. The molecule has 1 aliphatic carbocycles. The molecule has 0 radical (unpaired) electrons. The van der Waals surface area contributed by atoms with Crippen molar-refractivity contribution in [3.63, 3.8) is 0 Å². The van der Waals surface area contributed by atoms with Crippen molar-refractivity contribution in [3.05, 3.63) is 70.3 Å². The molecule has 1 aliphatic heterocycles. The molecule has 45 heavy (non-hydrogen) atoms. The van der Waals surface area contributed by atoms with E-state index in [-0.39, 0.29) is 34.1 Å². The summed E-state index contributed by atoms with van der Waals surface area (Å²) >= 11 is 0. The minimum atomic E-state index is -2.84. The van der Waals surface area contributed by atoms with Crippen molar-refractivity contribution in [2.24, 2.45) is 0 Å². The van der Waals surface area contributed by atoms with Gasteiger partial charge in [0.1, 0.15) is 28.6 Å². The summed E-state index contributed by atoms with van der Waals surface area (Å²) in [6, 6.07) is 11.7. The zero-order valence-electron chi connectivity index (χ0n) is 25.8. The molecule has 3 atom stereocenters. The summed E-state index contributed by atoms with van der Waals surface area (Å²) in [7, 11) is 4.11. The van der Waals surface area contributed by atoms with Crippen molar-refractivity contribution in [2.75, 3.05) is 21.3 Å². The molecule has 4 N–H and O–H groups in total. The number of aryl methyl sites for hydroxylation is 3. The van der Waals surface area contributed by atoms with Gasteiger partial charge in [-0.25, -0.2) is 4.79 Å². The lowest BCUT2D eigenvalue weighted by Crippen LogP contribution is -2.67. The Kier molecular flexibility index (Phi) is 5.80. The molecule has 2 aliphatic rings. The minimum Gasteiger partial charge on any atom is -0.508 e. The van der Waals surface area contributed by atoms with Gasteiger partial charge in [0.2, 0.25) is 0 Å². The lowest BCUT2D eigenvalue weighted by molar-refractivity contribution is -0.278. The van der Waals surface area contributed by atoms with Crippen molar-refractivity contribution >= 4 is 38.3 Å². The summed E-state index contributed by atoms with van der Waals surface area (Å²) < 4.78 is 29.7. The number of rotatable bonds is 3. The lowest BCUT2D eigenvalue weighted by atomic mass is 9.81. The SMILES string of the molecule is COC(=O)[C@@]1(O)[C@@]2(Oc3cc4c(cc(OC)c5cc(C)c(O)cc54)c(C)c3O2)c2c(cc(OC)c3cc(C)c(O)cc23)[C@@]1(C)O. The van der Waals surface area contributed by atoms with Crippen LogP contribution in [0.1, 0.15) is 34.7 Å². The predicted molar refractivity (Wildman–Crippen MR) is 166 cm³/mol. The monoisotopic (exact) mass is 612 g/mol. The molecule has 5 aromatic rings. The van der Waals surface area contributed by atoms with Gasteiger partial charge in [-0.2, -0.15) is 0 Å². The largest absolute Gasteiger partial charge is 0.508 e. The molecule has 10 heteroatoms. The van der Waals surface area contributed by atoms with E-state index in [1.165, 1.54) is 26.2 Å². The van der Waals surface area contributed by atoms with Gasteiger partial charge < -0.3 is 44.1 Å². The maximum atomic E-state index is 13.7. The van der Waals surface area contributed by atoms with Crippen LogP contribution in [0.3, 0.4) is 0 Å². The van der Waals surface area contributed by atoms with E-state index in [9.17, 15) is 25.2 Å². The van der Waals surface area contributed by atoms with E-state index in [0.717, 1.165) is 12.5 Å². The number of benzene rings is 5. The van der Waals surface area contributed by atoms with Crippen LogP contribution in [-0.4, -0.2) is 53.3 Å². The number of phenolic OH excluding ortho intramolecular Hbond substituents is 2. The highest BCUT2D eigenvalue weighted by Crippen LogP contribution is 2.64. The Morgan fingerprint density at radius 2 is 1.27 bits per heavy atom. The maximum Gasteiger partial charge on any atom is 0.350 e.